The Morgan fingerprint density at radius 3 is 2.33 bits per heavy atom. The van der Waals surface area contributed by atoms with Crippen LogP contribution in [0.5, 0.6) is 5.75 Å². The van der Waals surface area contributed by atoms with Gasteiger partial charge in [-0.15, -0.1) is 0 Å². The molecule has 4 nitrogen and oxygen atoms in total. The summed E-state index contributed by atoms with van der Waals surface area (Å²) in [4.78, 5) is 11.7. The molecule has 1 amide bonds. The third-order valence-electron chi connectivity index (χ3n) is 4.69. The molecule has 3 aromatic carbocycles. The summed E-state index contributed by atoms with van der Waals surface area (Å²) in [6.07, 6.45) is -0.444. The van der Waals surface area contributed by atoms with Gasteiger partial charge in [0.05, 0.1) is 5.69 Å². The second kappa shape index (κ2) is 7.64. The van der Waals surface area contributed by atoms with Crippen LogP contribution in [0.3, 0.4) is 0 Å². The first-order valence-electron chi connectivity index (χ1n) is 9.14. The van der Waals surface area contributed by atoms with Gasteiger partial charge >= 0.3 is 0 Å². The van der Waals surface area contributed by atoms with Crippen LogP contribution in [0.1, 0.15) is 18.1 Å². The Bertz CT molecular complexity index is 936. The number of carbonyl (C=O) groups excluding carboxylic acids is 1. The molecule has 1 unspecified atom stereocenters. The Balaban J connectivity index is 1.35. The van der Waals surface area contributed by atoms with Gasteiger partial charge in [-0.2, -0.15) is 0 Å². The predicted octanol–water partition coefficient (Wildman–Crippen LogP) is 4.36. The van der Waals surface area contributed by atoms with Crippen LogP contribution in [0.15, 0.2) is 72.8 Å². The van der Waals surface area contributed by atoms with Gasteiger partial charge in [0.2, 0.25) is 0 Å². The molecule has 1 aliphatic heterocycles. The molecule has 1 aliphatic rings. The van der Waals surface area contributed by atoms with Gasteiger partial charge in [-0.3, -0.25) is 4.79 Å². The van der Waals surface area contributed by atoms with Crippen LogP contribution in [-0.4, -0.2) is 12.0 Å². The van der Waals surface area contributed by atoms with Gasteiger partial charge in [0, 0.05) is 13.1 Å². The van der Waals surface area contributed by atoms with Gasteiger partial charge in [0.25, 0.3) is 5.91 Å². The van der Waals surface area contributed by atoms with Gasteiger partial charge in [0.15, 0.2) is 6.10 Å². The largest absolute Gasteiger partial charge is 0.479 e. The highest BCUT2D eigenvalue weighted by Crippen LogP contribution is 2.30. The molecular weight excluding hydrogens is 336 g/mol. The Labute approximate surface area is 159 Å². The average Bonchev–Trinajstić information content (AvgIpc) is 2.70. The van der Waals surface area contributed by atoms with Gasteiger partial charge in [0.1, 0.15) is 5.75 Å². The molecule has 0 saturated carbocycles. The van der Waals surface area contributed by atoms with Crippen LogP contribution in [0.4, 0.5) is 5.69 Å². The van der Waals surface area contributed by atoms with E-state index in [0.717, 1.165) is 30.1 Å². The summed E-state index contributed by atoms with van der Waals surface area (Å²) >= 11 is 0. The van der Waals surface area contributed by atoms with Crippen LogP contribution in [0.25, 0.3) is 11.1 Å². The molecule has 0 aromatic heterocycles. The van der Waals surface area contributed by atoms with E-state index in [1.54, 1.807) is 6.92 Å². The van der Waals surface area contributed by atoms with Gasteiger partial charge in [-0.1, -0.05) is 60.7 Å². The minimum atomic E-state index is -0.444. The smallest absolute Gasteiger partial charge is 0.265 e. The van der Waals surface area contributed by atoms with Crippen molar-refractivity contribution in [2.24, 2.45) is 0 Å². The van der Waals surface area contributed by atoms with Crippen molar-refractivity contribution in [1.29, 1.82) is 0 Å². The van der Waals surface area contributed by atoms with Crippen LogP contribution in [0, 0.1) is 0 Å². The number of hydrogen-bond donors (Lipinski definition) is 2. The summed E-state index contributed by atoms with van der Waals surface area (Å²) in [6.45, 7) is 3.25. The topological polar surface area (TPSA) is 50.4 Å². The Hall–Kier alpha value is -3.11. The number of rotatable bonds is 5. The second-order valence-electron chi connectivity index (χ2n) is 6.75. The minimum Gasteiger partial charge on any atom is -0.479 e. The Kier molecular flexibility index (Phi) is 4.90. The average molecular weight is 358 g/mol. The van der Waals surface area contributed by atoms with E-state index in [2.05, 4.69) is 59.2 Å². The lowest BCUT2D eigenvalue weighted by atomic mass is 10.0. The van der Waals surface area contributed by atoms with E-state index >= 15 is 0 Å². The summed E-state index contributed by atoms with van der Waals surface area (Å²) in [5.74, 6) is 0.619. The SMILES string of the molecule is CC1Oc2ccc(CNCc3ccc(-c4ccccc4)cc3)cc2NC1=O. The molecule has 1 heterocycles. The number of benzene rings is 3. The summed E-state index contributed by atoms with van der Waals surface area (Å²) in [5.41, 5.74) is 5.53. The Morgan fingerprint density at radius 2 is 1.56 bits per heavy atom. The lowest BCUT2D eigenvalue weighted by Crippen LogP contribution is -2.34. The van der Waals surface area contributed by atoms with Crippen molar-refractivity contribution in [2.75, 3.05) is 5.32 Å². The molecule has 4 heteroatoms. The van der Waals surface area contributed by atoms with E-state index < -0.39 is 6.10 Å². The third kappa shape index (κ3) is 4.01. The quantitative estimate of drug-likeness (QED) is 0.712. The van der Waals surface area contributed by atoms with Crippen molar-refractivity contribution in [3.63, 3.8) is 0 Å². The number of fused-ring (bicyclic) bond motifs is 1. The number of hydrogen-bond acceptors (Lipinski definition) is 3. The maximum Gasteiger partial charge on any atom is 0.265 e. The van der Waals surface area contributed by atoms with Crippen LogP contribution in [0.2, 0.25) is 0 Å². The van der Waals surface area contributed by atoms with Crippen LogP contribution >= 0.6 is 0 Å². The second-order valence-corrected chi connectivity index (χ2v) is 6.75. The number of carbonyl (C=O) groups is 1. The van der Waals surface area contributed by atoms with Gasteiger partial charge in [-0.25, -0.2) is 0 Å². The first kappa shape index (κ1) is 17.3. The third-order valence-corrected chi connectivity index (χ3v) is 4.69. The first-order valence-corrected chi connectivity index (χ1v) is 9.14. The molecule has 136 valence electrons. The van der Waals surface area contributed by atoms with Crippen molar-refractivity contribution < 1.29 is 9.53 Å². The van der Waals surface area contributed by atoms with E-state index in [9.17, 15) is 4.79 Å². The zero-order valence-electron chi connectivity index (χ0n) is 15.2. The molecule has 0 bridgehead atoms. The highest BCUT2D eigenvalue weighted by Gasteiger charge is 2.23. The van der Waals surface area contributed by atoms with Crippen molar-refractivity contribution in [3.05, 3.63) is 83.9 Å². The summed E-state index contributed by atoms with van der Waals surface area (Å²) in [6, 6.07) is 24.9. The molecule has 0 spiro atoms. The first-order chi connectivity index (χ1) is 13.2. The number of nitrogens with one attached hydrogen (secondary N) is 2. The van der Waals surface area contributed by atoms with Gasteiger partial charge in [-0.05, 0) is 41.3 Å². The molecule has 0 saturated heterocycles. The molecular formula is C23H22N2O2. The normalized spacial score (nSPS) is 15.6. The Morgan fingerprint density at radius 1 is 0.889 bits per heavy atom. The molecule has 0 aliphatic carbocycles. The van der Waals surface area contributed by atoms with E-state index in [-0.39, 0.29) is 5.91 Å². The van der Waals surface area contributed by atoms with Crippen molar-refractivity contribution >= 4 is 11.6 Å². The molecule has 2 N–H and O–H groups in total. The highest BCUT2D eigenvalue weighted by molar-refractivity contribution is 5.97. The monoisotopic (exact) mass is 358 g/mol. The van der Waals surface area contributed by atoms with E-state index in [1.165, 1.54) is 16.7 Å². The molecule has 3 aromatic rings. The van der Waals surface area contributed by atoms with Crippen molar-refractivity contribution in [2.45, 2.75) is 26.1 Å². The summed E-state index contributed by atoms with van der Waals surface area (Å²) in [5, 5.41) is 6.34. The zero-order valence-corrected chi connectivity index (χ0v) is 15.2. The maximum atomic E-state index is 11.7. The van der Waals surface area contributed by atoms with Gasteiger partial charge < -0.3 is 15.4 Å². The molecule has 0 fully saturated rings. The van der Waals surface area contributed by atoms with Crippen LogP contribution < -0.4 is 15.4 Å². The van der Waals surface area contributed by atoms with E-state index in [0.29, 0.717) is 0 Å². The summed E-state index contributed by atoms with van der Waals surface area (Å²) < 4.78 is 5.59. The minimum absolute atomic E-state index is 0.105. The maximum absolute atomic E-state index is 11.7. The number of anilines is 1. The molecule has 4 rings (SSSR count). The van der Waals surface area contributed by atoms with Crippen molar-refractivity contribution in [1.82, 2.24) is 5.32 Å². The number of ether oxygens (including phenoxy) is 1. The predicted molar refractivity (Wildman–Crippen MR) is 108 cm³/mol. The number of amides is 1. The standard InChI is InChI=1S/C23H22N2O2/c1-16-23(26)25-21-13-18(9-12-22(21)27-16)15-24-14-17-7-10-20(11-8-17)19-5-3-2-4-6-19/h2-13,16,24H,14-15H2,1H3,(H,25,26). The fourth-order valence-corrected chi connectivity index (χ4v) is 3.16. The van der Waals surface area contributed by atoms with E-state index in [1.807, 2.05) is 24.3 Å². The van der Waals surface area contributed by atoms with Crippen molar-refractivity contribution in [3.8, 4) is 16.9 Å². The molecule has 0 radical (unpaired) electrons. The zero-order chi connectivity index (χ0) is 18.6. The van der Waals surface area contributed by atoms with Crippen LogP contribution in [-0.2, 0) is 17.9 Å². The molecule has 27 heavy (non-hydrogen) atoms. The van der Waals surface area contributed by atoms with E-state index in [4.69, 9.17) is 4.74 Å². The fourth-order valence-electron chi connectivity index (χ4n) is 3.16. The molecule has 1 atom stereocenters. The lowest BCUT2D eigenvalue weighted by molar-refractivity contribution is -0.122. The highest BCUT2D eigenvalue weighted by atomic mass is 16.5. The fraction of sp³-hybridized carbons (Fsp3) is 0.174. The lowest BCUT2D eigenvalue weighted by Gasteiger charge is -2.23. The summed E-state index contributed by atoms with van der Waals surface area (Å²) in [7, 11) is 0.